The van der Waals surface area contributed by atoms with Crippen LogP contribution in [0.4, 0.5) is 11.6 Å². The predicted octanol–water partition coefficient (Wildman–Crippen LogP) is 7.17. The molecule has 1 saturated carbocycles. The van der Waals surface area contributed by atoms with Gasteiger partial charge in [-0.15, -0.1) is 0 Å². The van der Waals surface area contributed by atoms with Crippen LogP contribution in [0.2, 0.25) is 5.02 Å². The SMILES string of the molecule is CC[C@H]1CN(Cc2cc(Nc3ncc(Cl)c(-c4c[nH]c5cc(C)ccc45)n3)cc(C3CC3)c2)CC(C)(C)N1. The first-order valence-electron chi connectivity index (χ1n) is 13.8. The van der Waals surface area contributed by atoms with Crippen LogP contribution < -0.4 is 10.6 Å². The van der Waals surface area contributed by atoms with Crippen LogP contribution in [0.25, 0.3) is 22.2 Å². The van der Waals surface area contributed by atoms with Crippen LogP contribution >= 0.6 is 11.6 Å². The maximum atomic E-state index is 6.60. The summed E-state index contributed by atoms with van der Waals surface area (Å²) in [6, 6.07) is 13.8. The van der Waals surface area contributed by atoms with Crippen LogP contribution in [-0.2, 0) is 6.54 Å². The van der Waals surface area contributed by atoms with Gasteiger partial charge < -0.3 is 15.6 Å². The van der Waals surface area contributed by atoms with E-state index in [1.165, 1.54) is 29.5 Å². The Morgan fingerprint density at radius 2 is 2.00 bits per heavy atom. The zero-order chi connectivity index (χ0) is 26.4. The molecule has 4 aromatic rings. The topological polar surface area (TPSA) is 68.9 Å². The third-order valence-electron chi connectivity index (χ3n) is 7.75. The average Bonchev–Trinajstić information content (AvgIpc) is 3.64. The maximum Gasteiger partial charge on any atom is 0.227 e. The van der Waals surface area contributed by atoms with E-state index in [0.717, 1.165) is 53.9 Å². The summed E-state index contributed by atoms with van der Waals surface area (Å²) >= 11 is 6.60. The Bertz CT molecular complexity index is 1470. The Morgan fingerprint density at radius 3 is 2.79 bits per heavy atom. The number of hydrogen-bond donors (Lipinski definition) is 3. The minimum absolute atomic E-state index is 0.114. The summed E-state index contributed by atoms with van der Waals surface area (Å²) in [5.41, 5.74) is 7.89. The number of benzene rings is 2. The maximum absolute atomic E-state index is 6.60. The lowest BCUT2D eigenvalue weighted by atomic mass is 9.96. The number of nitrogens with zero attached hydrogens (tertiary/aromatic N) is 3. The Labute approximate surface area is 230 Å². The van der Waals surface area contributed by atoms with Gasteiger partial charge in [-0.25, -0.2) is 9.97 Å². The van der Waals surface area contributed by atoms with Gasteiger partial charge in [0, 0.05) is 59.6 Å². The first kappa shape index (κ1) is 25.4. The molecule has 0 amide bonds. The van der Waals surface area contributed by atoms with E-state index >= 15 is 0 Å². The van der Waals surface area contributed by atoms with Crippen molar-refractivity contribution in [3.8, 4) is 11.3 Å². The molecule has 1 aliphatic heterocycles. The van der Waals surface area contributed by atoms with Gasteiger partial charge in [0.05, 0.1) is 16.9 Å². The monoisotopic (exact) mass is 528 g/mol. The minimum Gasteiger partial charge on any atom is -0.360 e. The van der Waals surface area contributed by atoms with Gasteiger partial charge in [-0.2, -0.15) is 0 Å². The Hall–Kier alpha value is -2.93. The highest BCUT2D eigenvalue weighted by Gasteiger charge is 2.31. The molecule has 198 valence electrons. The van der Waals surface area contributed by atoms with Gasteiger partial charge in [0.25, 0.3) is 0 Å². The zero-order valence-corrected chi connectivity index (χ0v) is 23.5. The van der Waals surface area contributed by atoms with E-state index in [0.29, 0.717) is 22.9 Å². The molecule has 6 rings (SSSR count). The van der Waals surface area contributed by atoms with Crippen molar-refractivity contribution in [2.75, 3.05) is 18.4 Å². The molecule has 3 heterocycles. The number of piperazine rings is 1. The highest BCUT2D eigenvalue weighted by molar-refractivity contribution is 6.33. The number of anilines is 2. The molecule has 0 bridgehead atoms. The second-order valence-corrected chi connectivity index (χ2v) is 12.2. The lowest BCUT2D eigenvalue weighted by Crippen LogP contribution is -2.61. The summed E-state index contributed by atoms with van der Waals surface area (Å²) < 4.78 is 0. The molecule has 1 atom stereocenters. The fourth-order valence-corrected chi connectivity index (χ4v) is 6.10. The van der Waals surface area contributed by atoms with Gasteiger partial charge in [-0.05, 0) is 80.8 Å². The minimum atomic E-state index is 0.114. The van der Waals surface area contributed by atoms with Crippen LogP contribution in [0.3, 0.4) is 0 Å². The first-order valence-corrected chi connectivity index (χ1v) is 14.2. The normalized spacial score (nSPS) is 19.7. The molecule has 2 aromatic heterocycles. The second-order valence-electron chi connectivity index (χ2n) is 11.8. The van der Waals surface area contributed by atoms with Gasteiger partial charge in [0.15, 0.2) is 0 Å². The summed E-state index contributed by atoms with van der Waals surface area (Å²) in [6.45, 7) is 12.0. The molecule has 2 aromatic carbocycles. The molecule has 38 heavy (non-hydrogen) atoms. The van der Waals surface area contributed by atoms with Crippen LogP contribution in [0.5, 0.6) is 0 Å². The van der Waals surface area contributed by atoms with Crippen molar-refractivity contribution in [2.45, 2.75) is 71.0 Å². The fraction of sp³-hybridized carbons (Fsp3) is 0.419. The summed E-state index contributed by atoms with van der Waals surface area (Å²) in [5, 5.41) is 8.94. The van der Waals surface area contributed by atoms with Crippen LogP contribution in [0.15, 0.2) is 48.8 Å². The number of halogens is 1. The number of H-pyrrole nitrogens is 1. The summed E-state index contributed by atoms with van der Waals surface area (Å²) in [6.07, 6.45) is 7.35. The number of nitrogens with one attached hydrogen (secondary N) is 3. The molecule has 1 aliphatic carbocycles. The fourth-order valence-electron chi connectivity index (χ4n) is 5.90. The van der Waals surface area contributed by atoms with Gasteiger partial charge >= 0.3 is 0 Å². The van der Waals surface area contributed by atoms with E-state index in [9.17, 15) is 0 Å². The zero-order valence-electron chi connectivity index (χ0n) is 22.7. The number of aromatic nitrogens is 3. The number of rotatable bonds is 7. The molecule has 1 saturated heterocycles. The van der Waals surface area contributed by atoms with E-state index in [1.807, 2.05) is 6.20 Å². The summed E-state index contributed by atoms with van der Waals surface area (Å²) in [4.78, 5) is 15.4. The highest BCUT2D eigenvalue weighted by Crippen LogP contribution is 2.42. The highest BCUT2D eigenvalue weighted by atomic mass is 35.5. The van der Waals surface area contributed by atoms with Crippen LogP contribution in [0, 0.1) is 6.92 Å². The predicted molar refractivity (Wildman–Crippen MR) is 157 cm³/mol. The van der Waals surface area contributed by atoms with Gasteiger partial charge in [-0.3, -0.25) is 4.90 Å². The molecular weight excluding hydrogens is 492 g/mol. The van der Waals surface area contributed by atoms with Crippen molar-refractivity contribution < 1.29 is 0 Å². The third kappa shape index (κ3) is 5.44. The summed E-state index contributed by atoms with van der Waals surface area (Å²) in [7, 11) is 0. The molecule has 0 radical (unpaired) electrons. The van der Waals surface area contributed by atoms with Crippen molar-refractivity contribution in [3.05, 3.63) is 70.5 Å². The molecule has 2 aliphatic rings. The van der Waals surface area contributed by atoms with Gasteiger partial charge in [-0.1, -0.05) is 36.7 Å². The van der Waals surface area contributed by atoms with Crippen molar-refractivity contribution in [2.24, 2.45) is 0 Å². The van der Waals surface area contributed by atoms with Gasteiger partial charge in [0.1, 0.15) is 0 Å². The lowest BCUT2D eigenvalue weighted by Gasteiger charge is -2.43. The van der Waals surface area contributed by atoms with Crippen molar-refractivity contribution in [1.29, 1.82) is 0 Å². The number of fused-ring (bicyclic) bond motifs is 1. The molecule has 7 heteroatoms. The molecule has 0 spiro atoms. The smallest absolute Gasteiger partial charge is 0.227 e. The first-order chi connectivity index (χ1) is 18.3. The quantitative estimate of drug-likeness (QED) is 0.237. The van der Waals surface area contributed by atoms with Crippen molar-refractivity contribution in [1.82, 2.24) is 25.2 Å². The Kier molecular flexibility index (Phi) is 6.67. The van der Waals surface area contributed by atoms with E-state index < -0.39 is 0 Å². The number of aryl methyl sites for hydroxylation is 1. The van der Waals surface area contributed by atoms with Gasteiger partial charge in [0.2, 0.25) is 5.95 Å². The van der Waals surface area contributed by atoms with Crippen molar-refractivity contribution >= 4 is 34.1 Å². The molecule has 2 fully saturated rings. The van der Waals surface area contributed by atoms with Crippen LogP contribution in [-0.4, -0.2) is 44.5 Å². The Morgan fingerprint density at radius 1 is 1.16 bits per heavy atom. The number of hydrogen-bond acceptors (Lipinski definition) is 5. The molecule has 0 unspecified atom stereocenters. The van der Waals surface area contributed by atoms with E-state index in [2.05, 4.69) is 89.6 Å². The summed E-state index contributed by atoms with van der Waals surface area (Å²) in [5.74, 6) is 1.22. The van der Waals surface area contributed by atoms with Crippen molar-refractivity contribution in [3.63, 3.8) is 0 Å². The molecule has 6 nitrogen and oxygen atoms in total. The second kappa shape index (κ2) is 9.99. The average molecular weight is 529 g/mol. The number of aromatic amines is 1. The lowest BCUT2D eigenvalue weighted by molar-refractivity contribution is 0.109. The largest absolute Gasteiger partial charge is 0.360 e. The van der Waals surface area contributed by atoms with E-state index in [1.54, 1.807) is 6.20 Å². The van der Waals surface area contributed by atoms with Crippen LogP contribution in [0.1, 0.15) is 62.6 Å². The third-order valence-corrected chi connectivity index (χ3v) is 8.02. The van der Waals surface area contributed by atoms with E-state index in [-0.39, 0.29) is 5.54 Å². The Balaban J connectivity index is 1.28. The molecule has 3 N–H and O–H groups in total. The standard InChI is InChI=1S/C31H37ClN6/c1-5-23-17-38(18-31(3,4)37-23)16-20-11-22(21-7-8-21)13-24(12-20)35-30-34-15-27(32)29(36-30)26-14-33-28-10-19(2)6-9-25(26)28/h6,9-15,21,23,33,37H,5,7-8,16-18H2,1-4H3,(H,34,35,36)/t23-/m0/s1. The van der Waals surface area contributed by atoms with E-state index in [4.69, 9.17) is 16.6 Å². The molecular formula is C31H37ClN6.